The van der Waals surface area contributed by atoms with Crippen molar-refractivity contribution in [2.45, 2.75) is 32.9 Å². The van der Waals surface area contributed by atoms with Gasteiger partial charge in [-0.2, -0.15) is 0 Å². The van der Waals surface area contributed by atoms with Crippen LogP contribution in [0, 0.1) is 0 Å². The number of amides is 1. The number of nitrogens with zero attached hydrogens (tertiary/aromatic N) is 2. The average Bonchev–Trinajstić information content (AvgIpc) is 3.27. The van der Waals surface area contributed by atoms with Crippen LogP contribution in [0.3, 0.4) is 0 Å². The number of rotatable bonds is 8. The summed E-state index contributed by atoms with van der Waals surface area (Å²) in [4.78, 5) is 33.1. The Bertz CT molecular complexity index is 1800. The number of anilines is 1. The fourth-order valence-electron chi connectivity index (χ4n) is 4.77. The highest BCUT2D eigenvalue weighted by Crippen LogP contribution is 2.34. The topological polar surface area (TPSA) is 91.2 Å². The molecule has 0 fully saturated rings. The minimum absolute atomic E-state index is 0.0962. The predicted octanol–water partition coefficient (Wildman–Crippen LogP) is 4.68. The summed E-state index contributed by atoms with van der Waals surface area (Å²) in [5.41, 5.74) is 2.73. The SMILES string of the molecule is COc1cccc([C@H]2C(C(=O)Nc3ccccc3)=C(C)N=c3s/c(=C\c4cccc(OC)c4OC(C)C)c(=O)n32)c1. The molecule has 1 aliphatic rings. The molecule has 3 aromatic carbocycles. The zero-order valence-electron chi connectivity index (χ0n) is 23.5. The number of allylic oxidation sites excluding steroid dienone is 1. The van der Waals surface area contributed by atoms with E-state index in [0.717, 1.165) is 5.56 Å². The highest BCUT2D eigenvalue weighted by atomic mass is 32.1. The number of methoxy groups -OCH3 is 2. The molecule has 1 aromatic heterocycles. The summed E-state index contributed by atoms with van der Waals surface area (Å²) in [6.45, 7) is 5.66. The average molecular weight is 570 g/mol. The normalized spacial score (nSPS) is 14.9. The number of hydrogen-bond acceptors (Lipinski definition) is 7. The quantitative estimate of drug-likeness (QED) is 0.333. The van der Waals surface area contributed by atoms with Gasteiger partial charge in [-0.1, -0.05) is 53.8 Å². The largest absolute Gasteiger partial charge is 0.497 e. The van der Waals surface area contributed by atoms with Crippen molar-refractivity contribution < 1.29 is 19.0 Å². The van der Waals surface area contributed by atoms with Crippen LogP contribution in [0.5, 0.6) is 17.2 Å². The standard InChI is InChI=1S/C32H31N3O5S/c1-19(2)40-29-22(12-10-16-25(29)39-5)18-26-31(37)35-28(21-11-9-15-24(17-21)38-4)27(20(3)33-32(35)41-26)30(36)34-23-13-7-6-8-14-23/h6-19,28H,1-5H3,(H,34,36)/b26-18-/t28-/m0/s1. The van der Waals surface area contributed by atoms with Gasteiger partial charge in [0, 0.05) is 11.3 Å². The molecule has 41 heavy (non-hydrogen) atoms. The Morgan fingerprint density at radius 1 is 1.02 bits per heavy atom. The van der Waals surface area contributed by atoms with Crippen LogP contribution < -0.4 is 34.4 Å². The van der Waals surface area contributed by atoms with Crippen molar-refractivity contribution in [3.05, 3.63) is 115 Å². The van der Waals surface area contributed by atoms with Crippen molar-refractivity contribution in [2.24, 2.45) is 4.99 Å². The summed E-state index contributed by atoms with van der Waals surface area (Å²) in [5, 5.41) is 2.97. The molecule has 0 radical (unpaired) electrons. The number of nitrogens with one attached hydrogen (secondary N) is 1. The zero-order valence-corrected chi connectivity index (χ0v) is 24.3. The molecule has 0 bridgehead atoms. The molecule has 1 aliphatic heterocycles. The molecule has 0 saturated heterocycles. The smallest absolute Gasteiger partial charge is 0.271 e. The number of fused-ring (bicyclic) bond motifs is 1. The molecule has 8 nitrogen and oxygen atoms in total. The third-order valence-corrected chi connectivity index (χ3v) is 7.56. The highest BCUT2D eigenvalue weighted by molar-refractivity contribution is 7.07. The molecule has 0 unspecified atom stereocenters. The van der Waals surface area contributed by atoms with Gasteiger partial charge in [-0.25, -0.2) is 4.99 Å². The molecular formula is C32H31N3O5S. The number of ether oxygens (including phenoxy) is 3. The minimum atomic E-state index is -0.719. The van der Waals surface area contributed by atoms with Crippen molar-refractivity contribution in [1.82, 2.24) is 4.57 Å². The summed E-state index contributed by atoms with van der Waals surface area (Å²) < 4.78 is 19.1. The van der Waals surface area contributed by atoms with Crippen LogP contribution in [0.25, 0.3) is 6.08 Å². The maximum absolute atomic E-state index is 14.1. The van der Waals surface area contributed by atoms with Gasteiger partial charge in [-0.05, 0) is 62.7 Å². The van der Waals surface area contributed by atoms with Crippen molar-refractivity contribution in [1.29, 1.82) is 0 Å². The van der Waals surface area contributed by atoms with Crippen molar-refractivity contribution in [2.75, 3.05) is 19.5 Å². The second-order valence-electron chi connectivity index (χ2n) is 9.72. The van der Waals surface area contributed by atoms with Crippen LogP contribution in [0.4, 0.5) is 5.69 Å². The molecule has 1 atom stereocenters. The van der Waals surface area contributed by atoms with E-state index in [2.05, 4.69) is 5.32 Å². The fraction of sp³-hybridized carbons (Fsp3) is 0.219. The van der Waals surface area contributed by atoms with E-state index in [1.807, 2.05) is 86.6 Å². The number of aromatic nitrogens is 1. The van der Waals surface area contributed by atoms with E-state index in [0.29, 0.717) is 49.1 Å². The van der Waals surface area contributed by atoms with Gasteiger partial charge in [0.1, 0.15) is 5.75 Å². The summed E-state index contributed by atoms with van der Waals surface area (Å²) in [6.07, 6.45) is 1.69. The van der Waals surface area contributed by atoms with Crippen LogP contribution in [0.1, 0.15) is 37.9 Å². The van der Waals surface area contributed by atoms with Crippen LogP contribution >= 0.6 is 11.3 Å². The second-order valence-corrected chi connectivity index (χ2v) is 10.7. The first-order valence-corrected chi connectivity index (χ1v) is 14.0. The molecule has 1 N–H and O–H groups in total. The number of hydrogen-bond donors (Lipinski definition) is 1. The Labute approximate surface area is 241 Å². The van der Waals surface area contributed by atoms with E-state index >= 15 is 0 Å². The third kappa shape index (κ3) is 5.67. The van der Waals surface area contributed by atoms with Crippen molar-refractivity contribution >= 4 is 29.0 Å². The fourth-order valence-corrected chi connectivity index (χ4v) is 5.81. The number of thiazole rings is 1. The third-order valence-electron chi connectivity index (χ3n) is 6.58. The first-order chi connectivity index (χ1) is 19.8. The molecule has 0 saturated carbocycles. The lowest BCUT2D eigenvalue weighted by Gasteiger charge is -2.25. The van der Waals surface area contributed by atoms with E-state index in [9.17, 15) is 9.59 Å². The van der Waals surface area contributed by atoms with Gasteiger partial charge in [-0.15, -0.1) is 0 Å². The van der Waals surface area contributed by atoms with Gasteiger partial charge in [0.05, 0.1) is 42.2 Å². The molecule has 9 heteroatoms. The monoisotopic (exact) mass is 569 g/mol. The Morgan fingerprint density at radius 3 is 2.49 bits per heavy atom. The lowest BCUT2D eigenvalue weighted by atomic mass is 9.95. The molecule has 2 heterocycles. The number of benzene rings is 3. The number of carbonyl (C=O) groups is 1. The van der Waals surface area contributed by atoms with Crippen molar-refractivity contribution in [3.63, 3.8) is 0 Å². The van der Waals surface area contributed by atoms with E-state index in [1.165, 1.54) is 11.3 Å². The van der Waals surface area contributed by atoms with Crippen LogP contribution in [0.2, 0.25) is 0 Å². The second kappa shape index (κ2) is 11.9. The van der Waals surface area contributed by atoms with Gasteiger partial charge in [0.15, 0.2) is 16.3 Å². The lowest BCUT2D eigenvalue weighted by molar-refractivity contribution is -0.113. The Balaban J connectivity index is 1.70. The van der Waals surface area contributed by atoms with E-state index in [4.69, 9.17) is 19.2 Å². The van der Waals surface area contributed by atoms with Crippen LogP contribution in [0.15, 0.2) is 93.9 Å². The highest BCUT2D eigenvalue weighted by Gasteiger charge is 2.33. The van der Waals surface area contributed by atoms with E-state index in [-0.39, 0.29) is 17.6 Å². The van der Waals surface area contributed by atoms with Gasteiger partial charge in [0.25, 0.3) is 11.5 Å². The first kappa shape index (κ1) is 27.9. The van der Waals surface area contributed by atoms with E-state index < -0.39 is 6.04 Å². The van der Waals surface area contributed by atoms with E-state index in [1.54, 1.807) is 31.8 Å². The van der Waals surface area contributed by atoms with Gasteiger partial charge in [0.2, 0.25) is 0 Å². The molecule has 1 amide bonds. The van der Waals surface area contributed by atoms with Crippen LogP contribution in [-0.2, 0) is 4.79 Å². The summed E-state index contributed by atoms with van der Waals surface area (Å²) in [5.74, 6) is 1.42. The van der Waals surface area contributed by atoms with Crippen molar-refractivity contribution in [3.8, 4) is 17.2 Å². The Hall–Kier alpha value is -4.63. The van der Waals surface area contributed by atoms with Gasteiger partial charge < -0.3 is 19.5 Å². The first-order valence-electron chi connectivity index (χ1n) is 13.2. The summed E-state index contributed by atoms with van der Waals surface area (Å²) in [7, 11) is 3.17. The number of para-hydroxylation sites is 2. The molecule has 210 valence electrons. The lowest BCUT2D eigenvalue weighted by Crippen LogP contribution is -2.40. The molecule has 5 rings (SSSR count). The predicted molar refractivity (Wildman–Crippen MR) is 161 cm³/mol. The maximum Gasteiger partial charge on any atom is 0.271 e. The van der Waals surface area contributed by atoms with Gasteiger partial charge in [-0.3, -0.25) is 14.2 Å². The number of carbonyl (C=O) groups excluding carboxylic acids is 1. The minimum Gasteiger partial charge on any atom is -0.497 e. The Morgan fingerprint density at radius 2 is 1.78 bits per heavy atom. The Kier molecular flexibility index (Phi) is 8.07. The maximum atomic E-state index is 14.1. The molecular weight excluding hydrogens is 538 g/mol. The summed E-state index contributed by atoms with van der Waals surface area (Å²) >= 11 is 1.26. The summed E-state index contributed by atoms with van der Waals surface area (Å²) in [6, 6.07) is 21.4. The molecule has 0 aliphatic carbocycles. The molecule has 4 aromatic rings. The zero-order chi connectivity index (χ0) is 29.1. The van der Waals surface area contributed by atoms with Gasteiger partial charge >= 0.3 is 0 Å². The molecule has 0 spiro atoms. The van der Waals surface area contributed by atoms with Crippen LogP contribution in [-0.4, -0.2) is 30.8 Å².